The van der Waals surface area contributed by atoms with Gasteiger partial charge < -0.3 is 15.0 Å². The van der Waals surface area contributed by atoms with Crippen LogP contribution in [0.3, 0.4) is 0 Å². The molecule has 0 saturated carbocycles. The number of halogens is 3. The van der Waals surface area contributed by atoms with Crippen molar-refractivity contribution in [1.82, 2.24) is 20.1 Å². The van der Waals surface area contributed by atoms with E-state index in [4.69, 9.17) is 0 Å². The van der Waals surface area contributed by atoms with Gasteiger partial charge in [-0.05, 0) is 80.0 Å². The van der Waals surface area contributed by atoms with Crippen molar-refractivity contribution in [3.05, 3.63) is 89.2 Å². The summed E-state index contributed by atoms with van der Waals surface area (Å²) in [4.78, 5) is 24.0. The Bertz CT molecular complexity index is 1690. The van der Waals surface area contributed by atoms with Gasteiger partial charge in [-0.2, -0.15) is 4.99 Å². The molecule has 0 spiro atoms. The van der Waals surface area contributed by atoms with Crippen LogP contribution in [-0.4, -0.2) is 51.2 Å². The van der Waals surface area contributed by atoms with Gasteiger partial charge >= 0.3 is 12.4 Å². The number of carbonyl (C=O) groups is 1. The quantitative estimate of drug-likeness (QED) is 0.208. The summed E-state index contributed by atoms with van der Waals surface area (Å²) >= 11 is 1.61. The molecular weight excluding hydrogens is 613 g/mol. The van der Waals surface area contributed by atoms with Gasteiger partial charge in [0, 0.05) is 30.1 Å². The molecule has 12 heteroatoms. The summed E-state index contributed by atoms with van der Waals surface area (Å²) in [5.41, 5.74) is 6.91. The predicted octanol–water partition coefficient (Wildman–Crippen LogP) is 8.04. The third kappa shape index (κ3) is 8.48. The smallest absolute Gasteiger partial charge is 0.406 e. The minimum Gasteiger partial charge on any atom is -0.406 e. The van der Waals surface area contributed by atoms with Crippen LogP contribution >= 0.6 is 11.8 Å². The van der Waals surface area contributed by atoms with E-state index >= 15 is 0 Å². The number of anilines is 1. The fraction of sp³-hybridized carbons (Fsp3) is 0.353. The molecule has 3 aromatic carbocycles. The fourth-order valence-electron chi connectivity index (χ4n) is 5.61. The van der Waals surface area contributed by atoms with Crippen molar-refractivity contribution in [3.8, 4) is 22.8 Å². The number of aromatic nitrogens is 3. The Balaban J connectivity index is 1.18. The number of benzene rings is 3. The number of ether oxygens (including phenoxy) is 1. The molecule has 0 radical (unpaired) electrons. The highest BCUT2D eigenvalue weighted by atomic mass is 32.2. The number of aryl methyl sites for hydroxylation is 3. The zero-order chi connectivity index (χ0) is 33.1. The van der Waals surface area contributed by atoms with Gasteiger partial charge in [-0.25, -0.2) is 14.5 Å². The molecule has 46 heavy (non-hydrogen) atoms. The molecule has 1 fully saturated rings. The maximum Gasteiger partial charge on any atom is 0.573 e. The third-order valence-corrected chi connectivity index (χ3v) is 8.59. The van der Waals surface area contributed by atoms with Gasteiger partial charge in [0.05, 0.1) is 5.69 Å². The van der Waals surface area contributed by atoms with E-state index in [0.717, 1.165) is 47.1 Å². The van der Waals surface area contributed by atoms with E-state index in [1.807, 2.05) is 24.3 Å². The first-order valence-corrected chi connectivity index (χ1v) is 16.0. The molecule has 4 aromatic rings. The van der Waals surface area contributed by atoms with Crippen LogP contribution in [0.4, 0.5) is 23.7 Å². The SMILES string of the molecule is Cc1cc(C)c(N2CCCSC2=NC(=O)NCC(C)(C)Cc2ccc(-c3ncn(-c4ccc(OC(F)(F)F)cc4)n3)cc2)c(C)c1. The summed E-state index contributed by atoms with van der Waals surface area (Å²) in [6.45, 7) is 11.8. The molecule has 0 unspecified atom stereocenters. The maximum atomic E-state index is 13.0. The van der Waals surface area contributed by atoms with Crippen molar-refractivity contribution < 1.29 is 22.7 Å². The fourth-order valence-corrected chi connectivity index (χ4v) is 6.55. The van der Waals surface area contributed by atoms with Crippen molar-refractivity contribution in [2.24, 2.45) is 10.4 Å². The highest BCUT2D eigenvalue weighted by molar-refractivity contribution is 8.14. The van der Waals surface area contributed by atoms with Crippen molar-refractivity contribution in [2.75, 3.05) is 23.7 Å². The molecule has 1 aromatic heterocycles. The lowest BCUT2D eigenvalue weighted by Crippen LogP contribution is -2.38. The van der Waals surface area contributed by atoms with E-state index in [1.54, 1.807) is 11.8 Å². The summed E-state index contributed by atoms with van der Waals surface area (Å²) in [5.74, 6) is 1.11. The average Bonchev–Trinajstić information content (AvgIpc) is 3.47. The number of alkyl halides is 3. The first kappa shape index (κ1) is 33.1. The number of nitrogens with zero attached hydrogens (tertiary/aromatic N) is 5. The lowest BCUT2D eigenvalue weighted by Gasteiger charge is -2.32. The molecule has 2 heterocycles. The second-order valence-corrected chi connectivity index (χ2v) is 13.3. The Kier molecular flexibility index (Phi) is 9.76. The number of hydrogen-bond donors (Lipinski definition) is 1. The number of rotatable bonds is 8. The van der Waals surface area contributed by atoms with Crippen LogP contribution in [0, 0.1) is 26.2 Å². The van der Waals surface area contributed by atoms with Crippen LogP contribution in [0.1, 0.15) is 42.5 Å². The second-order valence-electron chi connectivity index (χ2n) is 12.2. The number of thioether (sulfide) groups is 1. The number of carbonyl (C=O) groups excluding carboxylic acids is 1. The van der Waals surface area contributed by atoms with Gasteiger partial charge in [-0.15, -0.1) is 18.3 Å². The van der Waals surface area contributed by atoms with Crippen molar-refractivity contribution in [3.63, 3.8) is 0 Å². The molecule has 1 aliphatic heterocycles. The largest absolute Gasteiger partial charge is 0.573 e. The number of amidine groups is 1. The monoisotopic (exact) mass is 650 g/mol. The van der Waals surface area contributed by atoms with Crippen molar-refractivity contribution in [1.29, 1.82) is 0 Å². The lowest BCUT2D eigenvalue weighted by molar-refractivity contribution is -0.274. The summed E-state index contributed by atoms with van der Waals surface area (Å²) in [6, 6.07) is 17.3. The zero-order valence-electron chi connectivity index (χ0n) is 26.5. The molecule has 2 amide bonds. The molecule has 5 rings (SSSR count). The molecule has 0 bridgehead atoms. The summed E-state index contributed by atoms with van der Waals surface area (Å²) < 4.78 is 42.7. The Morgan fingerprint density at radius 3 is 2.35 bits per heavy atom. The number of hydrogen-bond acceptors (Lipinski definition) is 5. The van der Waals surface area contributed by atoms with Gasteiger partial charge in [-0.3, -0.25) is 0 Å². The lowest BCUT2D eigenvalue weighted by atomic mass is 9.85. The number of urea groups is 1. The second kappa shape index (κ2) is 13.6. The van der Waals surface area contributed by atoms with Crippen LogP contribution in [0.15, 0.2) is 72.0 Å². The van der Waals surface area contributed by atoms with Gasteiger partial charge in [0.15, 0.2) is 11.0 Å². The summed E-state index contributed by atoms with van der Waals surface area (Å²) in [5, 5.41) is 8.22. The van der Waals surface area contributed by atoms with E-state index in [-0.39, 0.29) is 17.2 Å². The van der Waals surface area contributed by atoms with Gasteiger partial charge in [-0.1, -0.05) is 67.6 Å². The van der Waals surface area contributed by atoms with Crippen LogP contribution in [0.5, 0.6) is 5.75 Å². The summed E-state index contributed by atoms with van der Waals surface area (Å²) in [7, 11) is 0. The highest BCUT2D eigenvalue weighted by Crippen LogP contribution is 2.32. The van der Waals surface area contributed by atoms with Crippen molar-refractivity contribution in [2.45, 2.75) is 53.8 Å². The zero-order valence-corrected chi connectivity index (χ0v) is 27.3. The van der Waals surface area contributed by atoms with Gasteiger partial charge in [0.25, 0.3) is 0 Å². The van der Waals surface area contributed by atoms with E-state index in [9.17, 15) is 18.0 Å². The van der Waals surface area contributed by atoms with Crippen LogP contribution in [0.25, 0.3) is 17.1 Å². The standard InChI is InChI=1S/C34H37F3N6O2S/c1-22-17-23(2)29(24(3)18-22)42-15-6-16-46-32(42)40-31(44)38-20-33(4,5)19-25-7-9-26(10-8-25)30-39-21-43(41-30)27-11-13-28(14-12-27)45-34(35,36)37/h7-14,17-18,21H,6,15-16,19-20H2,1-5H3,(H,38,44). The number of aliphatic imine (C=N–C) groups is 1. The Morgan fingerprint density at radius 2 is 1.70 bits per heavy atom. The minimum absolute atomic E-state index is 0.233. The van der Waals surface area contributed by atoms with E-state index in [1.165, 1.54) is 52.0 Å². The van der Waals surface area contributed by atoms with Crippen LogP contribution in [-0.2, 0) is 6.42 Å². The topological polar surface area (TPSA) is 84.6 Å². The molecule has 0 aliphatic carbocycles. The van der Waals surface area contributed by atoms with Crippen molar-refractivity contribution >= 4 is 28.6 Å². The molecule has 8 nitrogen and oxygen atoms in total. The number of amides is 2. The summed E-state index contributed by atoms with van der Waals surface area (Å²) in [6.07, 6.45) is -1.49. The molecule has 242 valence electrons. The number of nitrogens with one attached hydrogen (secondary N) is 1. The predicted molar refractivity (Wildman–Crippen MR) is 177 cm³/mol. The Hall–Kier alpha value is -4.32. The Labute approximate surface area is 271 Å². The first-order valence-electron chi connectivity index (χ1n) is 15.0. The maximum absolute atomic E-state index is 13.0. The minimum atomic E-state index is -4.75. The molecular formula is C34H37F3N6O2S. The van der Waals surface area contributed by atoms with E-state index in [0.29, 0.717) is 18.1 Å². The highest BCUT2D eigenvalue weighted by Gasteiger charge is 2.31. The molecule has 1 saturated heterocycles. The molecule has 0 atom stereocenters. The van der Waals surface area contributed by atoms with Crippen LogP contribution < -0.4 is 15.0 Å². The van der Waals surface area contributed by atoms with Gasteiger partial charge in [0.2, 0.25) is 0 Å². The van der Waals surface area contributed by atoms with Gasteiger partial charge in [0.1, 0.15) is 12.1 Å². The first-order chi connectivity index (χ1) is 21.8. The molecule has 1 N–H and O–H groups in total. The molecule has 1 aliphatic rings. The third-order valence-electron chi connectivity index (χ3n) is 7.53. The van der Waals surface area contributed by atoms with E-state index in [2.05, 4.69) is 76.8 Å². The normalized spacial score (nSPS) is 14.9. The van der Waals surface area contributed by atoms with E-state index < -0.39 is 6.36 Å². The van der Waals surface area contributed by atoms with Crippen LogP contribution in [0.2, 0.25) is 0 Å². The Morgan fingerprint density at radius 1 is 1.02 bits per heavy atom. The average molecular weight is 651 g/mol.